The number of carbonyl (C=O) groups is 3. The zero-order valence-corrected chi connectivity index (χ0v) is 22.5. The molecule has 6 nitrogen and oxygen atoms in total. The molecule has 1 saturated heterocycles. The molecule has 3 aromatic rings. The summed E-state index contributed by atoms with van der Waals surface area (Å²) < 4.78 is 25.9. The smallest absolute Gasteiger partial charge is 0.345 e. The van der Waals surface area contributed by atoms with Crippen molar-refractivity contribution < 1.29 is 28.2 Å². The highest BCUT2D eigenvalue weighted by molar-refractivity contribution is 14.1. The quantitative estimate of drug-likeness (QED) is 0.121. The second-order valence-corrected chi connectivity index (χ2v) is 10.1. The minimum Gasteiger partial charge on any atom is -0.490 e. The predicted molar refractivity (Wildman–Crippen MR) is 145 cm³/mol. The van der Waals surface area contributed by atoms with Gasteiger partial charge < -0.3 is 9.47 Å². The van der Waals surface area contributed by atoms with Crippen molar-refractivity contribution in [1.82, 2.24) is 4.90 Å². The third-order valence-corrected chi connectivity index (χ3v) is 7.12. The van der Waals surface area contributed by atoms with Crippen molar-refractivity contribution in [2.45, 2.75) is 13.5 Å². The summed E-state index contributed by atoms with van der Waals surface area (Å²) >= 11 is 8.89. The number of halogens is 3. The minimum atomic E-state index is -0.638. The average Bonchev–Trinajstić information content (AvgIpc) is 3.10. The normalized spacial score (nSPS) is 14.4. The van der Waals surface area contributed by atoms with Crippen molar-refractivity contribution in [3.63, 3.8) is 0 Å². The Hall–Kier alpha value is -2.89. The number of carbonyl (C=O) groups excluding carboxylic acids is 3. The van der Waals surface area contributed by atoms with Crippen molar-refractivity contribution >= 4 is 69.1 Å². The molecule has 1 aliphatic heterocycles. The van der Waals surface area contributed by atoms with Crippen LogP contribution in [0.2, 0.25) is 5.02 Å². The Morgan fingerprint density at radius 2 is 1.86 bits per heavy atom. The van der Waals surface area contributed by atoms with Gasteiger partial charge in [0, 0.05) is 5.56 Å². The second kappa shape index (κ2) is 11.4. The first-order chi connectivity index (χ1) is 17.3. The van der Waals surface area contributed by atoms with Crippen molar-refractivity contribution in [2.75, 3.05) is 6.61 Å². The number of esters is 1. The molecular weight excluding hydrogens is 620 g/mol. The Kier molecular flexibility index (Phi) is 8.32. The zero-order chi connectivity index (χ0) is 25.8. The van der Waals surface area contributed by atoms with Crippen LogP contribution in [-0.4, -0.2) is 28.6 Å². The van der Waals surface area contributed by atoms with Crippen LogP contribution in [0.15, 0.2) is 65.6 Å². The van der Waals surface area contributed by atoms with Gasteiger partial charge in [-0.15, -0.1) is 0 Å². The zero-order valence-electron chi connectivity index (χ0n) is 18.8. The van der Waals surface area contributed by atoms with E-state index in [4.69, 9.17) is 21.1 Å². The standard InChI is InChI=1S/C26H18ClFINO5S/c1-2-34-21-12-15(11-20(29)23(21)35-25(32)17-8-4-5-9-18(17)27)13-22-24(31)30(26(33)36-22)14-16-7-3-6-10-19(16)28/h3-13H,2,14H2,1H3/b22-13-. The summed E-state index contributed by atoms with van der Waals surface area (Å²) in [7, 11) is 0. The maximum atomic E-state index is 14.0. The highest BCUT2D eigenvalue weighted by Crippen LogP contribution is 2.38. The van der Waals surface area contributed by atoms with Crippen LogP contribution in [0.25, 0.3) is 6.08 Å². The summed E-state index contributed by atoms with van der Waals surface area (Å²) in [6, 6.07) is 15.8. The maximum absolute atomic E-state index is 14.0. The number of benzene rings is 3. The number of thioether (sulfide) groups is 1. The number of nitrogens with zero attached hydrogens (tertiary/aromatic N) is 1. The highest BCUT2D eigenvalue weighted by atomic mass is 127. The van der Waals surface area contributed by atoms with E-state index in [0.29, 0.717) is 21.5 Å². The third-order valence-electron chi connectivity index (χ3n) is 5.08. The van der Waals surface area contributed by atoms with Gasteiger partial charge in [-0.2, -0.15) is 0 Å². The monoisotopic (exact) mass is 637 g/mol. The van der Waals surface area contributed by atoms with Crippen LogP contribution in [0.5, 0.6) is 11.5 Å². The fraction of sp³-hybridized carbons (Fsp3) is 0.115. The summed E-state index contributed by atoms with van der Waals surface area (Å²) in [5.74, 6) is -1.14. The topological polar surface area (TPSA) is 72.9 Å². The molecule has 184 valence electrons. The van der Waals surface area contributed by atoms with Gasteiger partial charge in [0.2, 0.25) is 0 Å². The van der Waals surface area contributed by atoms with Gasteiger partial charge >= 0.3 is 5.97 Å². The molecule has 2 amide bonds. The Labute approximate surface area is 229 Å². The molecule has 1 aliphatic rings. The first kappa shape index (κ1) is 26.2. The Balaban J connectivity index is 1.60. The second-order valence-electron chi connectivity index (χ2n) is 7.49. The van der Waals surface area contributed by atoms with E-state index in [1.807, 2.05) is 22.6 Å². The van der Waals surface area contributed by atoms with E-state index in [2.05, 4.69) is 0 Å². The summed E-state index contributed by atoms with van der Waals surface area (Å²) in [6.45, 7) is 1.93. The molecule has 0 atom stereocenters. The fourth-order valence-corrected chi connectivity index (χ4v) is 5.18. The largest absolute Gasteiger partial charge is 0.490 e. The SMILES string of the molecule is CCOc1cc(/C=C2\SC(=O)N(Cc3ccccc3F)C2=O)cc(I)c1OC(=O)c1ccccc1Cl. The molecule has 0 aromatic heterocycles. The van der Waals surface area contributed by atoms with Crippen LogP contribution in [0.1, 0.15) is 28.4 Å². The molecule has 3 aromatic carbocycles. The van der Waals surface area contributed by atoms with Crippen LogP contribution >= 0.6 is 46.0 Å². The lowest BCUT2D eigenvalue weighted by Crippen LogP contribution is -2.27. The molecule has 4 rings (SSSR count). The average molecular weight is 638 g/mol. The van der Waals surface area contributed by atoms with E-state index in [0.717, 1.165) is 16.7 Å². The number of amides is 2. The van der Waals surface area contributed by atoms with E-state index >= 15 is 0 Å². The van der Waals surface area contributed by atoms with Crippen molar-refractivity contribution in [2.24, 2.45) is 0 Å². The summed E-state index contributed by atoms with van der Waals surface area (Å²) in [6.07, 6.45) is 1.55. The van der Waals surface area contributed by atoms with Crippen molar-refractivity contribution in [1.29, 1.82) is 0 Å². The molecule has 0 spiro atoms. The molecule has 36 heavy (non-hydrogen) atoms. The molecule has 0 radical (unpaired) electrons. The van der Waals surface area contributed by atoms with E-state index in [1.165, 1.54) is 12.1 Å². The molecule has 1 fully saturated rings. The van der Waals surface area contributed by atoms with E-state index in [-0.39, 0.29) is 33.3 Å². The van der Waals surface area contributed by atoms with Gasteiger partial charge in [-0.1, -0.05) is 41.9 Å². The van der Waals surface area contributed by atoms with Crippen LogP contribution in [-0.2, 0) is 11.3 Å². The molecule has 0 unspecified atom stereocenters. The van der Waals surface area contributed by atoms with Gasteiger partial charge in [-0.05, 0) is 83.2 Å². The molecular formula is C26H18ClFINO5S. The minimum absolute atomic E-state index is 0.159. The molecule has 10 heteroatoms. The summed E-state index contributed by atoms with van der Waals surface area (Å²) in [5.41, 5.74) is 1.03. The van der Waals surface area contributed by atoms with Gasteiger partial charge in [0.1, 0.15) is 5.82 Å². The summed E-state index contributed by atoms with van der Waals surface area (Å²) in [5, 5.41) is -0.224. The van der Waals surface area contributed by atoms with Crippen LogP contribution < -0.4 is 9.47 Å². The molecule has 0 N–H and O–H groups in total. The highest BCUT2D eigenvalue weighted by Gasteiger charge is 2.35. The number of rotatable bonds is 7. The van der Waals surface area contributed by atoms with Crippen molar-refractivity contribution in [3.05, 3.63) is 96.7 Å². The fourth-order valence-electron chi connectivity index (χ4n) is 3.39. The molecule has 1 heterocycles. The molecule has 0 bridgehead atoms. The Morgan fingerprint density at radius 3 is 2.58 bits per heavy atom. The molecule has 0 aliphatic carbocycles. The lowest BCUT2D eigenvalue weighted by atomic mass is 10.1. The van der Waals surface area contributed by atoms with Gasteiger partial charge in [-0.25, -0.2) is 9.18 Å². The van der Waals surface area contributed by atoms with Crippen LogP contribution in [0, 0.1) is 9.39 Å². The first-order valence-electron chi connectivity index (χ1n) is 10.7. The Morgan fingerprint density at radius 1 is 1.14 bits per heavy atom. The number of hydrogen-bond acceptors (Lipinski definition) is 6. The maximum Gasteiger partial charge on any atom is 0.345 e. The number of ether oxygens (including phenoxy) is 2. The van der Waals surface area contributed by atoms with Crippen molar-refractivity contribution in [3.8, 4) is 11.5 Å². The van der Waals surface area contributed by atoms with E-state index < -0.39 is 22.9 Å². The van der Waals surface area contributed by atoms with Gasteiger partial charge in [0.15, 0.2) is 11.5 Å². The number of hydrogen-bond donors (Lipinski definition) is 0. The van der Waals surface area contributed by atoms with Crippen LogP contribution in [0.4, 0.5) is 9.18 Å². The number of imide groups is 1. The van der Waals surface area contributed by atoms with Gasteiger partial charge in [-0.3, -0.25) is 14.5 Å². The first-order valence-corrected chi connectivity index (χ1v) is 13.0. The lowest BCUT2D eigenvalue weighted by molar-refractivity contribution is -0.123. The van der Waals surface area contributed by atoms with Gasteiger partial charge in [0.25, 0.3) is 11.1 Å². The third kappa shape index (κ3) is 5.74. The Bertz CT molecular complexity index is 1400. The lowest BCUT2D eigenvalue weighted by Gasteiger charge is -2.14. The molecule has 0 saturated carbocycles. The van der Waals surface area contributed by atoms with E-state index in [9.17, 15) is 18.8 Å². The van der Waals surface area contributed by atoms with E-state index in [1.54, 1.807) is 61.5 Å². The summed E-state index contributed by atoms with van der Waals surface area (Å²) in [4.78, 5) is 39.3. The van der Waals surface area contributed by atoms with Crippen LogP contribution in [0.3, 0.4) is 0 Å². The predicted octanol–water partition coefficient (Wildman–Crippen LogP) is 6.94. The van der Waals surface area contributed by atoms with Gasteiger partial charge in [0.05, 0.1) is 32.2 Å².